The monoisotopic (exact) mass is 363 g/mol. The molecule has 1 N–H and O–H groups in total. The summed E-state index contributed by atoms with van der Waals surface area (Å²) in [6.45, 7) is 3.52. The number of nitrogens with zero attached hydrogens (tertiary/aromatic N) is 2. The van der Waals surface area contributed by atoms with E-state index in [1.807, 2.05) is 6.07 Å². The van der Waals surface area contributed by atoms with Crippen LogP contribution in [0, 0.1) is 25.2 Å². The molecule has 0 saturated carbocycles. The molecule has 25 heavy (non-hydrogen) atoms. The first-order valence-corrected chi connectivity index (χ1v) is 8.89. The minimum absolute atomic E-state index is 0.00714. The van der Waals surface area contributed by atoms with Gasteiger partial charge < -0.3 is 9.26 Å². The van der Waals surface area contributed by atoms with Crippen LogP contribution in [-0.2, 0) is 21.4 Å². The predicted molar refractivity (Wildman–Crippen MR) is 87.0 cm³/mol. The van der Waals surface area contributed by atoms with E-state index in [0.717, 1.165) is 0 Å². The number of carbonyl (C=O) groups excluding carboxylic acids is 1. The van der Waals surface area contributed by atoms with Gasteiger partial charge in [-0.25, -0.2) is 17.9 Å². The molecule has 0 aliphatic rings. The highest BCUT2D eigenvalue weighted by molar-refractivity contribution is 7.89. The first-order chi connectivity index (χ1) is 11.8. The second kappa shape index (κ2) is 7.92. The summed E-state index contributed by atoms with van der Waals surface area (Å²) >= 11 is 0. The number of ether oxygens (including phenoxy) is 1. The van der Waals surface area contributed by atoms with Crippen molar-refractivity contribution in [3.8, 4) is 6.07 Å². The van der Waals surface area contributed by atoms with Gasteiger partial charge in [0, 0.05) is 13.0 Å². The Labute approximate surface area is 145 Å². The lowest BCUT2D eigenvalue weighted by molar-refractivity contribution is 0.0470. The van der Waals surface area contributed by atoms with Gasteiger partial charge in [0.15, 0.2) is 0 Å². The summed E-state index contributed by atoms with van der Waals surface area (Å²) < 4.78 is 36.5. The van der Waals surface area contributed by atoms with Crippen molar-refractivity contribution in [3.05, 3.63) is 46.8 Å². The highest BCUT2D eigenvalue weighted by Gasteiger charge is 2.16. The molecule has 0 radical (unpaired) electrons. The summed E-state index contributed by atoms with van der Waals surface area (Å²) in [6, 6.07) is 7.20. The molecule has 1 heterocycles. The molecule has 1 aromatic heterocycles. The average molecular weight is 363 g/mol. The van der Waals surface area contributed by atoms with Crippen LogP contribution in [0.3, 0.4) is 0 Å². The van der Waals surface area contributed by atoms with Crippen LogP contribution in [0.1, 0.15) is 33.8 Å². The topological polar surface area (TPSA) is 122 Å². The average Bonchev–Trinajstić information content (AvgIpc) is 2.91. The molecular formula is C16H17N3O5S. The van der Waals surface area contributed by atoms with Crippen LogP contribution in [-0.4, -0.2) is 26.1 Å². The molecule has 0 saturated heterocycles. The maximum Gasteiger partial charge on any atom is 0.338 e. The van der Waals surface area contributed by atoms with Gasteiger partial charge in [0.05, 0.1) is 27.8 Å². The maximum absolute atomic E-state index is 12.1. The lowest BCUT2D eigenvalue weighted by Gasteiger charge is -2.07. The van der Waals surface area contributed by atoms with Gasteiger partial charge in [-0.2, -0.15) is 5.26 Å². The van der Waals surface area contributed by atoms with Gasteiger partial charge in [-0.1, -0.05) is 5.16 Å². The third-order valence-corrected chi connectivity index (χ3v) is 4.93. The van der Waals surface area contributed by atoms with E-state index in [0.29, 0.717) is 17.0 Å². The van der Waals surface area contributed by atoms with Gasteiger partial charge in [0.1, 0.15) is 12.4 Å². The molecule has 0 amide bonds. The maximum atomic E-state index is 12.1. The summed E-state index contributed by atoms with van der Waals surface area (Å²) in [4.78, 5) is 12.1. The molecule has 0 bridgehead atoms. The number of sulfonamides is 1. The summed E-state index contributed by atoms with van der Waals surface area (Å²) in [6.07, 6.45) is 0.0747. The summed E-state index contributed by atoms with van der Waals surface area (Å²) in [7, 11) is -3.71. The molecule has 132 valence electrons. The van der Waals surface area contributed by atoms with Gasteiger partial charge in [-0.05, 0) is 38.1 Å². The Morgan fingerprint density at radius 2 is 2.00 bits per heavy atom. The molecule has 0 unspecified atom stereocenters. The smallest absolute Gasteiger partial charge is 0.338 e. The van der Waals surface area contributed by atoms with Crippen molar-refractivity contribution in [2.45, 2.75) is 31.8 Å². The Kier molecular flexibility index (Phi) is 5.90. The van der Waals surface area contributed by atoms with Gasteiger partial charge in [0.25, 0.3) is 0 Å². The van der Waals surface area contributed by atoms with Crippen LogP contribution >= 0.6 is 0 Å². The van der Waals surface area contributed by atoms with Crippen LogP contribution < -0.4 is 4.72 Å². The van der Waals surface area contributed by atoms with E-state index in [1.165, 1.54) is 24.3 Å². The highest BCUT2D eigenvalue weighted by atomic mass is 32.2. The van der Waals surface area contributed by atoms with Crippen LogP contribution in [0.15, 0.2) is 33.7 Å². The van der Waals surface area contributed by atoms with Gasteiger partial charge in [-0.3, -0.25) is 0 Å². The minimum Gasteiger partial charge on any atom is -0.457 e. The van der Waals surface area contributed by atoms with Crippen LogP contribution in [0.5, 0.6) is 0 Å². The molecule has 8 nitrogen and oxygen atoms in total. The van der Waals surface area contributed by atoms with E-state index < -0.39 is 16.0 Å². The molecule has 9 heteroatoms. The molecule has 0 atom stereocenters. The number of carbonyl (C=O) groups is 1. The second-order valence-electron chi connectivity index (χ2n) is 5.21. The number of aryl methyl sites for hydroxylation is 2. The minimum atomic E-state index is -3.71. The summed E-state index contributed by atoms with van der Waals surface area (Å²) in [5.41, 5.74) is 1.58. The number of rotatable bonds is 7. The lowest BCUT2D eigenvalue weighted by Crippen LogP contribution is -2.24. The molecule has 1 aromatic carbocycles. The fraction of sp³-hybridized carbons (Fsp3) is 0.312. The van der Waals surface area contributed by atoms with Crippen molar-refractivity contribution in [1.82, 2.24) is 9.88 Å². The van der Waals surface area contributed by atoms with Gasteiger partial charge in [0.2, 0.25) is 10.0 Å². The molecule has 0 aliphatic carbocycles. The fourth-order valence-corrected chi connectivity index (χ4v) is 3.06. The zero-order chi connectivity index (χ0) is 18.4. The zero-order valence-corrected chi connectivity index (χ0v) is 14.6. The van der Waals surface area contributed by atoms with E-state index in [1.54, 1.807) is 13.8 Å². The number of benzene rings is 1. The standard InChI is InChI=1S/C16H17N3O5S/c1-11-15(12(2)24-19-11)10-23-16(20)13-4-6-14(7-5-13)25(21,22)18-9-3-8-17/h4-7,18H,3,9-10H2,1-2H3. The predicted octanol–water partition coefficient (Wildman–Crippen LogP) is 1.84. The Hall–Kier alpha value is -2.70. The zero-order valence-electron chi connectivity index (χ0n) is 13.8. The SMILES string of the molecule is Cc1noc(C)c1COC(=O)c1ccc(S(=O)(=O)NCCC#N)cc1. The second-order valence-corrected chi connectivity index (χ2v) is 6.98. The van der Waals surface area contributed by atoms with Crippen molar-refractivity contribution in [1.29, 1.82) is 5.26 Å². The lowest BCUT2D eigenvalue weighted by atomic mass is 10.2. The van der Waals surface area contributed by atoms with E-state index in [4.69, 9.17) is 14.5 Å². The Morgan fingerprint density at radius 1 is 1.32 bits per heavy atom. The van der Waals surface area contributed by atoms with Crippen molar-refractivity contribution >= 4 is 16.0 Å². The van der Waals surface area contributed by atoms with Crippen molar-refractivity contribution < 1.29 is 22.5 Å². The van der Waals surface area contributed by atoms with E-state index >= 15 is 0 Å². The van der Waals surface area contributed by atoms with Crippen molar-refractivity contribution in [3.63, 3.8) is 0 Å². The Balaban J connectivity index is 2.02. The van der Waals surface area contributed by atoms with Gasteiger partial charge in [-0.15, -0.1) is 0 Å². The Morgan fingerprint density at radius 3 is 2.56 bits per heavy atom. The summed E-state index contributed by atoms with van der Waals surface area (Å²) in [5.74, 6) is -0.00317. The Bertz CT molecular complexity index is 875. The van der Waals surface area contributed by atoms with E-state index in [-0.39, 0.29) is 30.0 Å². The first-order valence-electron chi connectivity index (χ1n) is 7.40. The number of esters is 1. The van der Waals surface area contributed by atoms with Crippen LogP contribution in [0.25, 0.3) is 0 Å². The molecule has 2 aromatic rings. The number of nitriles is 1. The number of hydrogen-bond donors (Lipinski definition) is 1. The number of hydrogen-bond acceptors (Lipinski definition) is 7. The van der Waals surface area contributed by atoms with Crippen molar-refractivity contribution in [2.24, 2.45) is 0 Å². The fourth-order valence-electron chi connectivity index (χ4n) is 2.02. The van der Waals surface area contributed by atoms with E-state index in [9.17, 15) is 13.2 Å². The first kappa shape index (κ1) is 18.6. The molecule has 0 aliphatic heterocycles. The quantitative estimate of drug-likeness (QED) is 0.588. The normalized spacial score (nSPS) is 11.1. The van der Waals surface area contributed by atoms with Gasteiger partial charge >= 0.3 is 5.97 Å². The third kappa shape index (κ3) is 4.65. The highest BCUT2D eigenvalue weighted by Crippen LogP contribution is 2.16. The van der Waals surface area contributed by atoms with E-state index in [2.05, 4.69) is 9.88 Å². The van der Waals surface area contributed by atoms with Crippen LogP contribution in [0.2, 0.25) is 0 Å². The summed E-state index contributed by atoms with van der Waals surface area (Å²) in [5, 5.41) is 12.2. The largest absolute Gasteiger partial charge is 0.457 e. The molecular weight excluding hydrogens is 346 g/mol. The number of nitrogens with one attached hydrogen (secondary N) is 1. The molecule has 0 fully saturated rings. The molecule has 2 rings (SSSR count). The van der Waals surface area contributed by atoms with Crippen molar-refractivity contribution in [2.75, 3.05) is 6.54 Å². The molecule has 0 spiro atoms. The third-order valence-electron chi connectivity index (χ3n) is 3.46. The van der Waals surface area contributed by atoms with Crippen LogP contribution in [0.4, 0.5) is 0 Å². The number of aromatic nitrogens is 1.